The molecule has 95 heavy (non-hydrogen) atoms. The highest BCUT2D eigenvalue weighted by atomic mass is 31.2. The fourth-order valence-corrected chi connectivity index (χ4v) is 12.0. The van der Waals surface area contributed by atoms with Crippen LogP contribution in [0.2, 0.25) is 0 Å². The maximum absolute atomic E-state index is 12.8. The normalized spacial score (nSPS) is 13.6. The molecule has 0 aliphatic heterocycles. The summed E-state index contributed by atoms with van der Waals surface area (Å²) in [6.07, 6.45) is 113. The lowest BCUT2D eigenvalue weighted by molar-refractivity contribution is -0.161. The molecule has 9 nitrogen and oxygen atoms in total. The van der Waals surface area contributed by atoms with Crippen LogP contribution in [0.5, 0.6) is 0 Å². The quantitative estimate of drug-likeness (QED) is 0.0264. The number of phosphoric ester groups is 1. The Labute approximate surface area is 586 Å². The summed E-state index contributed by atoms with van der Waals surface area (Å²) in [6, 6.07) is 0. The van der Waals surface area contributed by atoms with E-state index in [1.165, 1.54) is 218 Å². The summed E-state index contributed by atoms with van der Waals surface area (Å²) in [6.45, 7) is 3.56. The van der Waals surface area contributed by atoms with Crippen molar-refractivity contribution in [3.8, 4) is 0 Å². The highest BCUT2D eigenvalue weighted by Crippen LogP contribution is 2.43. The first-order valence-electron chi connectivity index (χ1n) is 39.7. The number of carbonyl (C=O) groups excluding carboxylic acids is 2. The second-order valence-corrected chi connectivity index (χ2v) is 27.6. The number of hydrogen-bond donors (Lipinski definition) is 2. The van der Waals surface area contributed by atoms with Gasteiger partial charge in [0.15, 0.2) is 6.10 Å². The number of unbranched alkanes of at least 4 members (excludes halogenated alkanes) is 39. The van der Waals surface area contributed by atoms with Crippen molar-refractivity contribution < 1.29 is 37.6 Å². The van der Waals surface area contributed by atoms with Crippen LogP contribution < -0.4 is 5.73 Å². The van der Waals surface area contributed by atoms with E-state index in [2.05, 4.69) is 148 Å². The maximum Gasteiger partial charge on any atom is 0.472 e. The van der Waals surface area contributed by atoms with Gasteiger partial charge in [-0.05, 0) is 109 Å². The number of esters is 2. The minimum absolute atomic E-state index is 0.0505. The van der Waals surface area contributed by atoms with E-state index in [0.29, 0.717) is 6.42 Å². The Morgan fingerprint density at radius 2 is 0.547 bits per heavy atom. The SMILES string of the molecule is CC/C=C\C/C=C\C/C=C\C/C=C\C/C=C\C/C=C\C/C=C\CCCCCCCCCCCCCCCC(=O)OC(COC(=O)CCCCCCCCCCCCCCCCCCCCCCCCCCCC/C=C\C/C=C\C/C=C\C/C=C\CC)COP(=O)(O)OCCN. The lowest BCUT2D eigenvalue weighted by Gasteiger charge is -2.19. The number of allylic oxidation sites excluding steroid dienone is 22. The average Bonchev–Trinajstić information content (AvgIpc) is 3.32. The predicted molar refractivity (Wildman–Crippen MR) is 413 cm³/mol. The number of rotatable bonds is 74. The number of hydrogen-bond acceptors (Lipinski definition) is 8. The molecule has 0 aromatic rings. The molecular weight excluding hydrogens is 1190 g/mol. The average molecular weight is 1340 g/mol. The first kappa shape index (κ1) is 91.2. The lowest BCUT2D eigenvalue weighted by Crippen LogP contribution is -2.29. The van der Waals surface area contributed by atoms with E-state index in [9.17, 15) is 19.0 Å². The Hall–Kier alpha value is -3.85. The largest absolute Gasteiger partial charge is 0.472 e. The Bertz CT molecular complexity index is 2030. The number of nitrogens with two attached hydrogens (primary N) is 1. The Kier molecular flexibility index (Phi) is 75.9. The van der Waals surface area contributed by atoms with Gasteiger partial charge in [0.25, 0.3) is 0 Å². The lowest BCUT2D eigenvalue weighted by atomic mass is 10.0. The van der Waals surface area contributed by atoms with E-state index in [-0.39, 0.29) is 38.6 Å². The monoisotopic (exact) mass is 1340 g/mol. The van der Waals surface area contributed by atoms with E-state index in [1.807, 2.05) is 0 Å². The van der Waals surface area contributed by atoms with Crippen molar-refractivity contribution in [3.63, 3.8) is 0 Å². The summed E-state index contributed by atoms with van der Waals surface area (Å²) >= 11 is 0. The van der Waals surface area contributed by atoms with Gasteiger partial charge >= 0.3 is 19.8 Å². The molecule has 0 amide bonds. The van der Waals surface area contributed by atoms with Gasteiger partial charge in [-0.2, -0.15) is 0 Å². The van der Waals surface area contributed by atoms with Crippen LogP contribution in [0.3, 0.4) is 0 Å². The van der Waals surface area contributed by atoms with Gasteiger partial charge in [-0.1, -0.05) is 372 Å². The molecule has 0 aromatic heterocycles. The molecule has 3 N–H and O–H groups in total. The van der Waals surface area contributed by atoms with Crippen molar-refractivity contribution in [2.45, 2.75) is 367 Å². The summed E-state index contributed by atoms with van der Waals surface area (Å²) in [5.41, 5.74) is 5.41. The maximum atomic E-state index is 12.8. The minimum atomic E-state index is -4.40. The topological polar surface area (TPSA) is 134 Å². The first-order valence-corrected chi connectivity index (χ1v) is 41.2. The van der Waals surface area contributed by atoms with Crippen LogP contribution in [0.25, 0.3) is 0 Å². The molecule has 0 saturated carbocycles. The van der Waals surface area contributed by atoms with Crippen LogP contribution in [0.1, 0.15) is 361 Å². The van der Waals surface area contributed by atoms with Crippen molar-refractivity contribution in [2.75, 3.05) is 26.4 Å². The Balaban J connectivity index is 3.81. The zero-order valence-corrected chi connectivity index (χ0v) is 62.5. The molecule has 0 heterocycles. The first-order chi connectivity index (χ1) is 46.8. The van der Waals surface area contributed by atoms with Crippen molar-refractivity contribution in [1.82, 2.24) is 0 Å². The van der Waals surface area contributed by atoms with Gasteiger partial charge in [0.1, 0.15) is 6.61 Å². The van der Waals surface area contributed by atoms with Crippen molar-refractivity contribution in [1.29, 1.82) is 0 Å². The Morgan fingerprint density at radius 3 is 0.811 bits per heavy atom. The highest BCUT2D eigenvalue weighted by Gasteiger charge is 2.26. The van der Waals surface area contributed by atoms with E-state index >= 15 is 0 Å². The van der Waals surface area contributed by atoms with E-state index in [4.69, 9.17) is 24.3 Å². The van der Waals surface area contributed by atoms with Crippen molar-refractivity contribution in [2.24, 2.45) is 5.73 Å². The van der Waals surface area contributed by atoms with E-state index in [1.54, 1.807) is 0 Å². The molecule has 0 spiro atoms. The van der Waals surface area contributed by atoms with E-state index < -0.39 is 26.5 Å². The van der Waals surface area contributed by atoms with Crippen LogP contribution in [-0.4, -0.2) is 49.3 Å². The van der Waals surface area contributed by atoms with Crippen LogP contribution in [-0.2, 0) is 32.7 Å². The van der Waals surface area contributed by atoms with Crippen molar-refractivity contribution >= 4 is 19.8 Å². The predicted octanol–water partition coefficient (Wildman–Crippen LogP) is 26.8. The third-order valence-electron chi connectivity index (χ3n) is 17.0. The van der Waals surface area contributed by atoms with E-state index in [0.717, 1.165) is 109 Å². The fourth-order valence-electron chi connectivity index (χ4n) is 11.3. The van der Waals surface area contributed by atoms with Crippen LogP contribution in [0.4, 0.5) is 0 Å². The summed E-state index contributed by atoms with van der Waals surface area (Å²) in [5.74, 6) is -0.818. The van der Waals surface area contributed by atoms with Crippen molar-refractivity contribution in [3.05, 3.63) is 134 Å². The summed E-state index contributed by atoms with van der Waals surface area (Å²) in [4.78, 5) is 35.5. The standard InChI is InChI=1S/C85H148NO8P/c1-3-5-7-9-11-13-15-17-19-21-23-25-27-29-31-33-35-37-39-40-41-42-44-45-47-49-51-53-55-57-59-61-63-65-67-69-71-73-75-77-84(87)91-81-83(82-93-95(89,90)92-80-79-86)94-85(88)78-76-74-72-70-68-66-64-62-60-58-56-54-52-50-48-46-43-38-36-34-32-30-28-26-24-22-20-18-16-14-12-10-8-6-4-2/h5-8,11-14,17-20,23-26,30,32,36,38,46,48,83H,3-4,9-10,15-16,21-22,27-29,31,33-35,37,39-45,47,49-82,86H2,1-2H3,(H,89,90)/b7-5-,8-6-,13-11-,14-12-,19-17-,20-18-,25-23-,26-24-,32-30-,38-36-,48-46-. The summed E-state index contributed by atoms with van der Waals surface area (Å²) < 4.78 is 33.3. The third kappa shape index (κ3) is 79.0. The highest BCUT2D eigenvalue weighted by molar-refractivity contribution is 7.47. The molecule has 0 fully saturated rings. The van der Waals surface area contributed by atoms with Crippen LogP contribution in [0.15, 0.2) is 134 Å². The molecule has 0 saturated heterocycles. The molecule has 10 heteroatoms. The van der Waals surface area contributed by atoms with Gasteiger partial charge in [-0.25, -0.2) is 4.57 Å². The smallest absolute Gasteiger partial charge is 0.462 e. The molecule has 0 aliphatic carbocycles. The molecule has 0 aromatic carbocycles. The minimum Gasteiger partial charge on any atom is -0.462 e. The summed E-state index contributed by atoms with van der Waals surface area (Å²) in [7, 11) is -4.40. The molecule has 0 bridgehead atoms. The molecule has 2 unspecified atom stereocenters. The molecule has 0 rings (SSSR count). The Morgan fingerprint density at radius 1 is 0.316 bits per heavy atom. The van der Waals surface area contributed by atoms with Gasteiger partial charge < -0.3 is 20.1 Å². The zero-order chi connectivity index (χ0) is 68.6. The molecule has 0 aliphatic rings. The number of carbonyl (C=O) groups is 2. The van der Waals surface area contributed by atoms with Gasteiger partial charge in [0.2, 0.25) is 0 Å². The van der Waals surface area contributed by atoms with Gasteiger partial charge in [-0.3, -0.25) is 18.6 Å². The van der Waals surface area contributed by atoms with Gasteiger partial charge in [-0.15, -0.1) is 0 Å². The number of phosphoric acid groups is 1. The third-order valence-corrected chi connectivity index (χ3v) is 18.0. The fraction of sp³-hybridized carbons (Fsp3) is 0.718. The molecule has 546 valence electrons. The second-order valence-electron chi connectivity index (χ2n) is 26.2. The zero-order valence-electron chi connectivity index (χ0n) is 61.6. The van der Waals surface area contributed by atoms with Crippen LogP contribution >= 0.6 is 7.82 Å². The number of ether oxygens (including phenoxy) is 2. The molecular formula is C85H148NO8P. The van der Waals surface area contributed by atoms with Crippen LogP contribution in [0, 0.1) is 0 Å². The van der Waals surface area contributed by atoms with Gasteiger partial charge in [0, 0.05) is 19.4 Å². The van der Waals surface area contributed by atoms with Gasteiger partial charge in [0.05, 0.1) is 13.2 Å². The second kappa shape index (κ2) is 79.1. The molecule has 0 radical (unpaired) electrons. The summed E-state index contributed by atoms with van der Waals surface area (Å²) in [5, 5.41) is 0. The molecule has 2 atom stereocenters.